The molecule has 1 amide bonds. The van der Waals surface area contributed by atoms with E-state index in [1.807, 2.05) is 18.2 Å². The molecule has 2 rings (SSSR count). The van der Waals surface area contributed by atoms with E-state index >= 15 is 0 Å². The van der Waals surface area contributed by atoms with Crippen molar-refractivity contribution in [2.75, 3.05) is 22.4 Å². The van der Waals surface area contributed by atoms with Crippen molar-refractivity contribution in [2.24, 2.45) is 0 Å². The van der Waals surface area contributed by atoms with Crippen molar-refractivity contribution in [3.05, 3.63) is 59.1 Å². The normalized spacial score (nSPS) is 11.2. The Morgan fingerprint density at radius 3 is 2.44 bits per heavy atom. The number of nitrogens with one attached hydrogen (secondary N) is 1. The first-order valence-electron chi connectivity index (χ1n) is 7.87. The first-order valence-corrected chi connectivity index (χ1v) is 10.1. The molecule has 0 fully saturated rings. The van der Waals surface area contributed by atoms with E-state index in [1.54, 1.807) is 37.3 Å². The molecule has 0 spiro atoms. The number of nitrogens with zero attached hydrogens (tertiary/aromatic N) is 1. The van der Waals surface area contributed by atoms with Crippen LogP contribution in [0.5, 0.6) is 0 Å². The predicted molar refractivity (Wildman–Crippen MR) is 103 cm³/mol. The zero-order chi connectivity index (χ0) is 18.4. The lowest BCUT2D eigenvalue weighted by Crippen LogP contribution is -2.32. The van der Waals surface area contributed by atoms with Gasteiger partial charge in [0.1, 0.15) is 0 Å². The average Bonchev–Trinajstić information content (AvgIpc) is 2.54. The largest absolute Gasteiger partial charge is 0.326 e. The molecule has 7 heteroatoms. The molecule has 0 aromatic heterocycles. The van der Waals surface area contributed by atoms with Crippen LogP contribution in [0.15, 0.2) is 48.5 Å². The fourth-order valence-corrected chi connectivity index (χ4v) is 3.64. The molecule has 0 bridgehead atoms. The molecule has 134 valence electrons. The highest BCUT2D eigenvalue weighted by Crippen LogP contribution is 2.28. The van der Waals surface area contributed by atoms with Gasteiger partial charge in [-0.2, -0.15) is 0 Å². The molecular formula is C18H21ClN2O3S. The highest BCUT2D eigenvalue weighted by molar-refractivity contribution is 7.92. The molecule has 0 unspecified atom stereocenters. The van der Waals surface area contributed by atoms with Crippen molar-refractivity contribution in [1.82, 2.24) is 0 Å². The summed E-state index contributed by atoms with van der Waals surface area (Å²) in [5.74, 6) is -0.150. The number of hydrogen-bond donors (Lipinski definition) is 1. The van der Waals surface area contributed by atoms with Gasteiger partial charge in [0.2, 0.25) is 15.9 Å². The second kappa shape index (κ2) is 8.36. The van der Waals surface area contributed by atoms with Crippen molar-refractivity contribution in [2.45, 2.75) is 19.8 Å². The molecule has 0 atom stereocenters. The van der Waals surface area contributed by atoms with Crippen LogP contribution in [0.4, 0.5) is 11.4 Å². The third-order valence-corrected chi connectivity index (χ3v) is 5.32. The van der Waals surface area contributed by atoms with Gasteiger partial charge in [0.05, 0.1) is 11.9 Å². The number of rotatable bonds is 7. The summed E-state index contributed by atoms with van der Waals surface area (Å²) in [6.07, 6.45) is 1.77. The van der Waals surface area contributed by atoms with Gasteiger partial charge in [0.15, 0.2) is 0 Å². The minimum absolute atomic E-state index is 0.150. The zero-order valence-electron chi connectivity index (χ0n) is 14.2. The van der Waals surface area contributed by atoms with E-state index in [9.17, 15) is 13.2 Å². The maximum atomic E-state index is 12.1. The number of sulfonamides is 1. The number of carbonyl (C=O) groups is 1. The lowest BCUT2D eigenvalue weighted by molar-refractivity contribution is -0.116. The van der Waals surface area contributed by atoms with E-state index < -0.39 is 10.0 Å². The van der Waals surface area contributed by atoms with Crippen LogP contribution < -0.4 is 9.62 Å². The van der Waals surface area contributed by atoms with Crippen LogP contribution in [0.3, 0.4) is 0 Å². The van der Waals surface area contributed by atoms with E-state index in [0.29, 0.717) is 22.7 Å². The number of para-hydroxylation sites is 1. The van der Waals surface area contributed by atoms with Crippen molar-refractivity contribution < 1.29 is 13.2 Å². The SMILES string of the molecule is Cc1c(Cl)cccc1N(CCCC(=O)Nc1ccccc1)S(C)(=O)=O. The summed E-state index contributed by atoms with van der Waals surface area (Å²) >= 11 is 6.10. The molecule has 0 heterocycles. The molecule has 5 nitrogen and oxygen atoms in total. The average molecular weight is 381 g/mol. The van der Waals surface area contributed by atoms with Crippen LogP contribution in [0, 0.1) is 6.92 Å². The van der Waals surface area contributed by atoms with Gasteiger partial charge < -0.3 is 5.32 Å². The first kappa shape index (κ1) is 19.3. The molecule has 0 saturated heterocycles. The topological polar surface area (TPSA) is 66.5 Å². The molecule has 1 N–H and O–H groups in total. The summed E-state index contributed by atoms with van der Waals surface area (Å²) in [6, 6.07) is 14.3. The maximum absolute atomic E-state index is 12.1. The highest BCUT2D eigenvalue weighted by Gasteiger charge is 2.20. The van der Waals surface area contributed by atoms with Crippen LogP contribution in [0.1, 0.15) is 18.4 Å². The second-order valence-electron chi connectivity index (χ2n) is 5.74. The number of hydrogen-bond acceptors (Lipinski definition) is 3. The molecule has 0 radical (unpaired) electrons. The molecule has 2 aromatic carbocycles. The fraction of sp³-hybridized carbons (Fsp3) is 0.278. The van der Waals surface area contributed by atoms with Crippen LogP contribution >= 0.6 is 11.6 Å². The van der Waals surface area contributed by atoms with Gasteiger partial charge in [-0.25, -0.2) is 8.42 Å². The van der Waals surface area contributed by atoms with Gasteiger partial charge >= 0.3 is 0 Å². The zero-order valence-corrected chi connectivity index (χ0v) is 15.8. The maximum Gasteiger partial charge on any atom is 0.232 e. The van der Waals surface area contributed by atoms with E-state index in [2.05, 4.69) is 5.32 Å². The van der Waals surface area contributed by atoms with E-state index in [1.165, 1.54) is 4.31 Å². The Bertz CT molecular complexity index is 839. The third kappa shape index (κ3) is 5.47. The fourth-order valence-electron chi connectivity index (χ4n) is 2.46. The van der Waals surface area contributed by atoms with Crippen LogP contribution in [-0.4, -0.2) is 27.1 Å². The molecule has 25 heavy (non-hydrogen) atoms. The molecule has 2 aromatic rings. The number of carbonyl (C=O) groups excluding carboxylic acids is 1. The quantitative estimate of drug-likeness (QED) is 0.793. The second-order valence-corrected chi connectivity index (χ2v) is 8.05. The van der Waals surface area contributed by atoms with Gasteiger partial charge in [-0.15, -0.1) is 0 Å². The Hall–Kier alpha value is -2.05. The summed E-state index contributed by atoms with van der Waals surface area (Å²) in [4.78, 5) is 12.0. The minimum Gasteiger partial charge on any atom is -0.326 e. The number of amides is 1. The third-order valence-electron chi connectivity index (χ3n) is 3.73. The Morgan fingerprint density at radius 1 is 1.12 bits per heavy atom. The van der Waals surface area contributed by atoms with Gasteiger partial charge in [0.25, 0.3) is 0 Å². The van der Waals surface area contributed by atoms with Crippen molar-refractivity contribution in [1.29, 1.82) is 0 Å². The summed E-state index contributed by atoms with van der Waals surface area (Å²) < 4.78 is 25.6. The smallest absolute Gasteiger partial charge is 0.232 e. The van der Waals surface area contributed by atoms with Crippen LogP contribution in [0.2, 0.25) is 5.02 Å². The molecular weight excluding hydrogens is 360 g/mol. The Balaban J connectivity index is 2.02. The van der Waals surface area contributed by atoms with Gasteiger partial charge in [-0.05, 0) is 43.2 Å². The van der Waals surface area contributed by atoms with Crippen molar-refractivity contribution >= 4 is 38.9 Å². The number of benzene rings is 2. The summed E-state index contributed by atoms with van der Waals surface area (Å²) in [7, 11) is -3.47. The monoisotopic (exact) mass is 380 g/mol. The Morgan fingerprint density at radius 2 is 1.80 bits per heavy atom. The summed E-state index contributed by atoms with van der Waals surface area (Å²) in [5, 5.41) is 3.29. The van der Waals surface area contributed by atoms with Crippen LogP contribution in [0.25, 0.3) is 0 Å². The van der Waals surface area contributed by atoms with Crippen molar-refractivity contribution in [3.8, 4) is 0 Å². The highest BCUT2D eigenvalue weighted by atomic mass is 35.5. The van der Waals surface area contributed by atoms with E-state index in [0.717, 1.165) is 11.9 Å². The lowest BCUT2D eigenvalue weighted by Gasteiger charge is -2.24. The lowest BCUT2D eigenvalue weighted by atomic mass is 10.2. The summed E-state index contributed by atoms with van der Waals surface area (Å²) in [5.41, 5.74) is 1.96. The Kier molecular flexibility index (Phi) is 6.45. The van der Waals surface area contributed by atoms with E-state index in [-0.39, 0.29) is 18.9 Å². The van der Waals surface area contributed by atoms with Gasteiger partial charge in [0, 0.05) is 23.7 Å². The van der Waals surface area contributed by atoms with E-state index in [4.69, 9.17) is 11.6 Å². The standard InChI is InChI=1S/C18H21ClN2O3S/c1-14-16(19)10-6-11-17(14)21(25(2,23)24)13-7-12-18(22)20-15-8-4-3-5-9-15/h3-6,8-11H,7,12-13H2,1-2H3,(H,20,22). The summed E-state index contributed by atoms with van der Waals surface area (Å²) in [6.45, 7) is 1.99. The predicted octanol–water partition coefficient (Wildman–Crippen LogP) is 3.83. The molecule has 0 aliphatic heterocycles. The van der Waals surface area contributed by atoms with Crippen LogP contribution in [-0.2, 0) is 14.8 Å². The van der Waals surface area contributed by atoms with Crippen molar-refractivity contribution in [3.63, 3.8) is 0 Å². The molecule has 0 saturated carbocycles. The van der Waals surface area contributed by atoms with Gasteiger partial charge in [-0.1, -0.05) is 35.9 Å². The molecule has 0 aliphatic carbocycles. The number of halogens is 1. The Labute approximate surface area is 153 Å². The molecule has 0 aliphatic rings. The van der Waals surface area contributed by atoms with Gasteiger partial charge in [-0.3, -0.25) is 9.10 Å². The minimum atomic E-state index is -3.47. The first-order chi connectivity index (χ1) is 11.8. The number of anilines is 2.